The number of rotatable bonds is 6. The Morgan fingerprint density at radius 3 is 2.55 bits per heavy atom. The summed E-state index contributed by atoms with van der Waals surface area (Å²) in [6.45, 7) is 2.91. The summed E-state index contributed by atoms with van der Waals surface area (Å²) in [5.74, 6) is 0.488. The fourth-order valence-corrected chi connectivity index (χ4v) is 4.37. The Balaban J connectivity index is 2.34. The van der Waals surface area contributed by atoms with Crippen LogP contribution in [0, 0.1) is 5.92 Å². The minimum absolute atomic E-state index is 0.115. The van der Waals surface area contributed by atoms with Crippen molar-refractivity contribution >= 4 is 27.2 Å². The maximum atomic E-state index is 12.8. The van der Waals surface area contributed by atoms with Crippen LogP contribution in [-0.4, -0.2) is 30.8 Å². The molecule has 20 heavy (non-hydrogen) atoms. The van der Waals surface area contributed by atoms with Gasteiger partial charge in [-0.15, -0.1) is 0 Å². The standard InChI is InChI=1S/C14H20N2O2S2/c1-2-16(10-11-6-5-7-11)20(17,18)13-9-4-3-8-12(13)14(15)19/h3-4,8-9,11H,2,5-7,10H2,1H3,(H2,15,19). The van der Waals surface area contributed by atoms with Crippen LogP contribution >= 0.6 is 12.2 Å². The molecule has 2 N–H and O–H groups in total. The first kappa shape index (κ1) is 15.4. The van der Waals surface area contributed by atoms with Gasteiger partial charge >= 0.3 is 0 Å². The van der Waals surface area contributed by atoms with Crippen LogP contribution < -0.4 is 5.73 Å². The van der Waals surface area contributed by atoms with Gasteiger partial charge in [-0.05, 0) is 24.8 Å². The Morgan fingerprint density at radius 1 is 1.40 bits per heavy atom. The number of nitrogens with two attached hydrogens (primary N) is 1. The Hall–Kier alpha value is -0.980. The van der Waals surface area contributed by atoms with Crippen molar-refractivity contribution in [2.45, 2.75) is 31.1 Å². The van der Waals surface area contributed by atoms with E-state index in [0.717, 1.165) is 12.8 Å². The second-order valence-corrected chi connectivity index (χ2v) is 7.46. The zero-order chi connectivity index (χ0) is 14.8. The minimum Gasteiger partial charge on any atom is -0.389 e. The van der Waals surface area contributed by atoms with E-state index in [9.17, 15) is 8.42 Å². The maximum Gasteiger partial charge on any atom is 0.243 e. The molecule has 0 amide bonds. The van der Waals surface area contributed by atoms with Crippen LogP contribution in [0.25, 0.3) is 0 Å². The molecule has 4 nitrogen and oxygen atoms in total. The van der Waals surface area contributed by atoms with Crippen LogP contribution in [0.1, 0.15) is 31.7 Å². The number of nitrogens with zero attached hydrogens (tertiary/aromatic N) is 1. The Kier molecular flexibility index (Phi) is 4.78. The first-order valence-corrected chi connectivity index (χ1v) is 8.70. The van der Waals surface area contributed by atoms with E-state index < -0.39 is 10.0 Å². The van der Waals surface area contributed by atoms with Gasteiger partial charge in [0.1, 0.15) is 4.99 Å². The van der Waals surface area contributed by atoms with Gasteiger partial charge in [0.05, 0.1) is 4.90 Å². The number of hydrogen-bond acceptors (Lipinski definition) is 3. The molecule has 1 fully saturated rings. The lowest BCUT2D eigenvalue weighted by atomic mass is 9.85. The van der Waals surface area contributed by atoms with Crippen LogP contribution in [0.5, 0.6) is 0 Å². The molecule has 6 heteroatoms. The van der Waals surface area contributed by atoms with Crippen molar-refractivity contribution in [2.75, 3.05) is 13.1 Å². The van der Waals surface area contributed by atoms with Gasteiger partial charge in [0.2, 0.25) is 10.0 Å². The number of sulfonamides is 1. The molecular formula is C14H20N2O2S2. The van der Waals surface area contributed by atoms with E-state index >= 15 is 0 Å². The van der Waals surface area contributed by atoms with Crippen LogP contribution in [0.2, 0.25) is 0 Å². The monoisotopic (exact) mass is 312 g/mol. The third kappa shape index (κ3) is 3.02. The molecule has 0 saturated heterocycles. The van der Waals surface area contributed by atoms with Crippen molar-refractivity contribution in [3.05, 3.63) is 29.8 Å². The zero-order valence-corrected chi connectivity index (χ0v) is 13.2. The summed E-state index contributed by atoms with van der Waals surface area (Å²) in [6.07, 6.45) is 3.43. The van der Waals surface area contributed by atoms with Gasteiger partial charge in [-0.25, -0.2) is 8.42 Å². The van der Waals surface area contributed by atoms with E-state index in [1.165, 1.54) is 10.7 Å². The first-order chi connectivity index (χ1) is 9.46. The fraction of sp³-hybridized carbons (Fsp3) is 0.500. The Labute approximate surface area is 126 Å². The topological polar surface area (TPSA) is 63.4 Å². The molecule has 1 saturated carbocycles. The van der Waals surface area contributed by atoms with Crippen LogP contribution in [0.4, 0.5) is 0 Å². The van der Waals surface area contributed by atoms with Crippen LogP contribution in [0.3, 0.4) is 0 Å². The van der Waals surface area contributed by atoms with E-state index in [4.69, 9.17) is 18.0 Å². The quantitative estimate of drug-likeness (QED) is 0.817. The number of benzene rings is 1. The summed E-state index contributed by atoms with van der Waals surface area (Å²) >= 11 is 4.96. The highest BCUT2D eigenvalue weighted by molar-refractivity contribution is 7.89. The Bertz CT molecular complexity index is 595. The molecule has 0 radical (unpaired) electrons. The smallest absolute Gasteiger partial charge is 0.243 e. The van der Waals surface area contributed by atoms with E-state index in [-0.39, 0.29) is 9.88 Å². The number of thiocarbonyl (C=S) groups is 1. The van der Waals surface area contributed by atoms with Crippen molar-refractivity contribution < 1.29 is 8.42 Å². The molecule has 1 aromatic carbocycles. The molecule has 0 bridgehead atoms. The van der Waals surface area contributed by atoms with Gasteiger partial charge in [-0.3, -0.25) is 0 Å². The van der Waals surface area contributed by atoms with Gasteiger partial charge in [0.25, 0.3) is 0 Å². The summed E-state index contributed by atoms with van der Waals surface area (Å²) in [7, 11) is -3.53. The molecule has 110 valence electrons. The second-order valence-electron chi connectivity index (χ2n) is 5.11. The van der Waals surface area contributed by atoms with Crippen molar-refractivity contribution in [3.8, 4) is 0 Å². The molecule has 0 unspecified atom stereocenters. The zero-order valence-electron chi connectivity index (χ0n) is 11.6. The highest BCUT2D eigenvalue weighted by atomic mass is 32.2. The van der Waals surface area contributed by atoms with E-state index in [1.54, 1.807) is 24.3 Å². The molecular weight excluding hydrogens is 292 g/mol. The number of hydrogen-bond donors (Lipinski definition) is 1. The SMILES string of the molecule is CCN(CC1CCC1)S(=O)(=O)c1ccccc1C(N)=S. The van der Waals surface area contributed by atoms with Crippen LogP contribution in [-0.2, 0) is 10.0 Å². The van der Waals surface area contributed by atoms with Gasteiger partial charge < -0.3 is 5.73 Å². The molecule has 0 atom stereocenters. The van der Waals surface area contributed by atoms with Gasteiger partial charge in [0.15, 0.2) is 0 Å². The Morgan fingerprint density at radius 2 is 2.05 bits per heavy atom. The third-order valence-corrected chi connectivity index (χ3v) is 6.03. The first-order valence-electron chi connectivity index (χ1n) is 6.85. The lowest BCUT2D eigenvalue weighted by molar-refractivity contribution is 0.250. The molecule has 2 rings (SSSR count). The van der Waals surface area contributed by atoms with Crippen molar-refractivity contribution in [1.82, 2.24) is 4.31 Å². The average molecular weight is 312 g/mol. The van der Waals surface area contributed by atoms with E-state index in [2.05, 4.69) is 0 Å². The third-order valence-electron chi connectivity index (χ3n) is 3.81. The molecule has 1 aliphatic carbocycles. The largest absolute Gasteiger partial charge is 0.389 e. The predicted molar refractivity (Wildman–Crippen MR) is 84.1 cm³/mol. The fourth-order valence-electron chi connectivity index (χ4n) is 2.39. The average Bonchev–Trinajstić information content (AvgIpc) is 2.37. The van der Waals surface area contributed by atoms with Crippen molar-refractivity contribution in [2.24, 2.45) is 11.7 Å². The highest BCUT2D eigenvalue weighted by Gasteiger charge is 2.30. The van der Waals surface area contributed by atoms with Crippen molar-refractivity contribution in [1.29, 1.82) is 0 Å². The maximum absolute atomic E-state index is 12.8. The van der Waals surface area contributed by atoms with E-state index in [0.29, 0.717) is 24.6 Å². The summed E-state index contributed by atoms with van der Waals surface area (Å²) in [6, 6.07) is 6.68. The molecule has 0 heterocycles. The molecule has 0 aliphatic heterocycles. The molecule has 0 spiro atoms. The van der Waals surface area contributed by atoms with Gasteiger partial charge in [-0.1, -0.05) is 43.8 Å². The summed E-state index contributed by atoms with van der Waals surface area (Å²) < 4.78 is 27.1. The molecule has 1 aliphatic rings. The summed E-state index contributed by atoms with van der Waals surface area (Å²) in [5.41, 5.74) is 6.07. The minimum atomic E-state index is -3.53. The molecule has 1 aromatic rings. The van der Waals surface area contributed by atoms with Gasteiger partial charge in [-0.2, -0.15) is 4.31 Å². The van der Waals surface area contributed by atoms with Crippen molar-refractivity contribution in [3.63, 3.8) is 0 Å². The van der Waals surface area contributed by atoms with Crippen LogP contribution in [0.15, 0.2) is 29.2 Å². The predicted octanol–water partition coefficient (Wildman–Crippen LogP) is 2.13. The second kappa shape index (κ2) is 6.20. The lowest BCUT2D eigenvalue weighted by Gasteiger charge is -2.31. The lowest BCUT2D eigenvalue weighted by Crippen LogP contribution is -2.38. The summed E-state index contributed by atoms with van der Waals surface area (Å²) in [4.78, 5) is 0.331. The van der Waals surface area contributed by atoms with Gasteiger partial charge in [0, 0.05) is 18.7 Å². The molecule has 0 aromatic heterocycles. The highest BCUT2D eigenvalue weighted by Crippen LogP contribution is 2.29. The summed E-state index contributed by atoms with van der Waals surface area (Å²) in [5, 5.41) is 0. The normalized spacial score (nSPS) is 16.1. The van der Waals surface area contributed by atoms with E-state index in [1.807, 2.05) is 6.92 Å².